The number of nitrogens with zero attached hydrogens (tertiary/aromatic N) is 2. The molecule has 1 aliphatic rings. The molecule has 1 saturated heterocycles. The van der Waals surface area contributed by atoms with E-state index >= 15 is 0 Å². The molecule has 0 unspecified atom stereocenters. The van der Waals surface area contributed by atoms with E-state index in [9.17, 15) is 9.59 Å². The van der Waals surface area contributed by atoms with Crippen LogP contribution in [0.15, 0.2) is 24.3 Å². The number of hydrogen-bond donors (Lipinski definition) is 2. The van der Waals surface area contributed by atoms with Gasteiger partial charge in [-0.15, -0.1) is 0 Å². The summed E-state index contributed by atoms with van der Waals surface area (Å²) in [5, 5.41) is 16.6. The number of amides is 1. The van der Waals surface area contributed by atoms with E-state index in [1.54, 1.807) is 4.90 Å². The number of aromatic amines is 1. The molecule has 0 aliphatic carbocycles. The van der Waals surface area contributed by atoms with Gasteiger partial charge in [0.1, 0.15) is 0 Å². The van der Waals surface area contributed by atoms with Gasteiger partial charge in [-0.2, -0.15) is 5.10 Å². The fourth-order valence-electron chi connectivity index (χ4n) is 2.42. The largest absolute Gasteiger partial charge is 0.481 e. The van der Waals surface area contributed by atoms with Gasteiger partial charge < -0.3 is 10.0 Å². The molecular weight excluding hydrogens is 246 g/mol. The zero-order valence-electron chi connectivity index (χ0n) is 10.2. The van der Waals surface area contributed by atoms with Crippen LogP contribution in [0.3, 0.4) is 0 Å². The van der Waals surface area contributed by atoms with Crippen molar-refractivity contribution in [2.75, 3.05) is 13.1 Å². The summed E-state index contributed by atoms with van der Waals surface area (Å²) in [6.45, 7) is 0.729. The number of nitrogens with one attached hydrogen (secondary N) is 1. The molecule has 19 heavy (non-hydrogen) atoms. The lowest BCUT2D eigenvalue weighted by atomic mass is 10.1. The molecule has 0 spiro atoms. The first kappa shape index (κ1) is 11.7. The third kappa shape index (κ3) is 1.95. The van der Waals surface area contributed by atoms with Crippen LogP contribution in [-0.4, -0.2) is 45.2 Å². The van der Waals surface area contributed by atoms with Gasteiger partial charge in [-0.3, -0.25) is 14.7 Å². The molecule has 0 radical (unpaired) electrons. The highest BCUT2D eigenvalue weighted by Crippen LogP contribution is 2.22. The molecule has 2 heterocycles. The van der Waals surface area contributed by atoms with Crippen LogP contribution in [0.25, 0.3) is 10.9 Å². The number of carboxylic acid groups (broad SMARTS) is 1. The van der Waals surface area contributed by atoms with Crippen LogP contribution in [0, 0.1) is 5.92 Å². The molecule has 2 N–H and O–H groups in total. The maximum Gasteiger partial charge on any atom is 0.308 e. The number of rotatable bonds is 2. The molecular formula is C13H13N3O3. The lowest BCUT2D eigenvalue weighted by Gasteiger charge is -2.14. The lowest BCUT2D eigenvalue weighted by Crippen LogP contribution is -2.30. The Labute approximate surface area is 109 Å². The summed E-state index contributed by atoms with van der Waals surface area (Å²) in [6.07, 6.45) is 0.503. The first-order valence-corrected chi connectivity index (χ1v) is 6.12. The summed E-state index contributed by atoms with van der Waals surface area (Å²) in [5.41, 5.74) is 1.17. The minimum absolute atomic E-state index is 0.207. The number of aromatic nitrogens is 2. The normalized spacial score (nSPS) is 18.9. The highest BCUT2D eigenvalue weighted by atomic mass is 16.4. The molecule has 0 bridgehead atoms. The second-order valence-electron chi connectivity index (χ2n) is 4.69. The average molecular weight is 259 g/mol. The predicted molar refractivity (Wildman–Crippen MR) is 67.7 cm³/mol. The standard InChI is InChI=1S/C13H13N3O3/c17-12(16-6-5-8(7-16)13(18)19)11-9-3-1-2-4-10(9)14-15-11/h1-4,8H,5-7H2,(H,14,15)(H,18,19)/t8-/m0/s1. The Morgan fingerprint density at radius 3 is 2.89 bits per heavy atom. The van der Waals surface area contributed by atoms with Gasteiger partial charge in [0.2, 0.25) is 0 Å². The Morgan fingerprint density at radius 2 is 2.16 bits per heavy atom. The van der Waals surface area contributed by atoms with E-state index in [0.29, 0.717) is 18.7 Å². The number of para-hydroxylation sites is 1. The number of carbonyl (C=O) groups is 2. The van der Waals surface area contributed by atoms with Crippen molar-refractivity contribution in [3.8, 4) is 0 Å². The van der Waals surface area contributed by atoms with Crippen molar-refractivity contribution in [1.29, 1.82) is 0 Å². The topological polar surface area (TPSA) is 86.3 Å². The van der Waals surface area contributed by atoms with Crippen molar-refractivity contribution in [1.82, 2.24) is 15.1 Å². The number of carbonyl (C=O) groups excluding carboxylic acids is 1. The maximum atomic E-state index is 12.3. The van der Waals surface area contributed by atoms with Crippen LogP contribution >= 0.6 is 0 Å². The highest BCUT2D eigenvalue weighted by molar-refractivity contribution is 6.04. The van der Waals surface area contributed by atoms with Crippen molar-refractivity contribution in [3.63, 3.8) is 0 Å². The van der Waals surface area contributed by atoms with E-state index in [4.69, 9.17) is 5.11 Å². The Morgan fingerprint density at radius 1 is 1.37 bits per heavy atom. The molecule has 6 heteroatoms. The second-order valence-corrected chi connectivity index (χ2v) is 4.69. The van der Waals surface area contributed by atoms with Crippen LogP contribution in [0.5, 0.6) is 0 Å². The number of hydrogen-bond acceptors (Lipinski definition) is 3. The van der Waals surface area contributed by atoms with Gasteiger partial charge >= 0.3 is 5.97 Å². The molecule has 6 nitrogen and oxygen atoms in total. The van der Waals surface area contributed by atoms with Gasteiger partial charge in [0.05, 0.1) is 11.4 Å². The molecule has 1 fully saturated rings. The first-order chi connectivity index (χ1) is 9.16. The third-order valence-corrected chi connectivity index (χ3v) is 3.50. The summed E-state index contributed by atoms with van der Waals surface area (Å²) in [5.74, 6) is -1.52. The summed E-state index contributed by atoms with van der Waals surface area (Å²) in [4.78, 5) is 24.8. The summed E-state index contributed by atoms with van der Waals surface area (Å²) < 4.78 is 0. The van der Waals surface area contributed by atoms with E-state index in [0.717, 1.165) is 10.9 Å². The molecule has 3 rings (SSSR count). The van der Waals surface area contributed by atoms with E-state index in [1.165, 1.54) is 0 Å². The Bertz CT molecular complexity index is 649. The van der Waals surface area contributed by atoms with Crippen LogP contribution in [0.4, 0.5) is 0 Å². The zero-order chi connectivity index (χ0) is 13.4. The van der Waals surface area contributed by atoms with E-state index in [-0.39, 0.29) is 12.5 Å². The monoisotopic (exact) mass is 259 g/mol. The van der Waals surface area contributed by atoms with Crippen LogP contribution in [0.1, 0.15) is 16.9 Å². The van der Waals surface area contributed by atoms with Crippen molar-refractivity contribution in [2.45, 2.75) is 6.42 Å². The van der Waals surface area contributed by atoms with Crippen molar-refractivity contribution < 1.29 is 14.7 Å². The van der Waals surface area contributed by atoms with Crippen molar-refractivity contribution >= 4 is 22.8 Å². The minimum atomic E-state index is -0.845. The second kappa shape index (κ2) is 4.38. The van der Waals surface area contributed by atoms with Crippen LogP contribution < -0.4 is 0 Å². The molecule has 98 valence electrons. The summed E-state index contributed by atoms with van der Waals surface area (Å²) in [6, 6.07) is 7.39. The van der Waals surface area contributed by atoms with Crippen molar-refractivity contribution in [3.05, 3.63) is 30.0 Å². The number of carboxylic acids is 1. The fourth-order valence-corrected chi connectivity index (χ4v) is 2.42. The summed E-state index contributed by atoms with van der Waals surface area (Å²) in [7, 11) is 0. The molecule has 1 atom stereocenters. The highest BCUT2D eigenvalue weighted by Gasteiger charge is 2.32. The lowest BCUT2D eigenvalue weighted by molar-refractivity contribution is -0.141. The Hall–Kier alpha value is -2.37. The van der Waals surface area contributed by atoms with Crippen molar-refractivity contribution in [2.24, 2.45) is 5.92 Å². The molecule has 2 aromatic rings. The van der Waals surface area contributed by atoms with Gasteiger partial charge in [0.15, 0.2) is 5.69 Å². The Balaban J connectivity index is 1.87. The van der Waals surface area contributed by atoms with Crippen LogP contribution in [-0.2, 0) is 4.79 Å². The van der Waals surface area contributed by atoms with E-state index in [1.807, 2.05) is 24.3 Å². The minimum Gasteiger partial charge on any atom is -0.481 e. The third-order valence-electron chi connectivity index (χ3n) is 3.50. The number of benzene rings is 1. The smallest absolute Gasteiger partial charge is 0.308 e. The molecule has 1 aliphatic heterocycles. The fraction of sp³-hybridized carbons (Fsp3) is 0.308. The zero-order valence-corrected chi connectivity index (χ0v) is 10.2. The van der Waals surface area contributed by atoms with Gasteiger partial charge in [-0.1, -0.05) is 18.2 Å². The molecule has 1 aromatic carbocycles. The van der Waals surface area contributed by atoms with Gasteiger partial charge in [0.25, 0.3) is 5.91 Å². The first-order valence-electron chi connectivity index (χ1n) is 6.12. The predicted octanol–water partition coefficient (Wildman–Crippen LogP) is 1.11. The number of aliphatic carboxylic acids is 1. The molecule has 1 amide bonds. The molecule has 1 aromatic heterocycles. The van der Waals surface area contributed by atoms with Gasteiger partial charge in [-0.05, 0) is 12.5 Å². The van der Waals surface area contributed by atoms with Gasteiger partial charge in [0, 0.05) is 18.5 Å². The van der Waals surface area contributed by atoms with E-state index < -0.39 is 11.9 Å². The maximum absolute atomic E-state index is 12.3. The average Bonchev–Trinajstić information content (AvgIpc) is 3.05. The van der Waals surface area contributed by atoms with Gasteiger partial charge in [-0.25, -0.2) is 0 Å². The SMILES string of the molecule is O=C(O)[C@H]1CCN(C(=O)c2n[nH]c3ccccc23)C1. The number of likely N-dealkylation sites (tertiary alicyclic amines) is 1. The van der Waals surface area contributed by atoms with E-state index in [2.05, 4.69) is 10.2 Å². The number of H-pyrrole nitrogens is 1. The quantitative estimate of drug-likeness (QED) is 0.845. The number of fused-ring (bicyclic) bond motifs is 1. The molecule has 0 saturated carbocycles. The van der Waals surface area contributed by atoms with Crippen LogP contribution in [0.2, 0.25) is 0 Å². The summed E-state index contributed by atoms with van der Waals surface area (Å²) >= 11 is 0. The Kier molecular flexibility index (Phi) is 2.70.